The van der Waals surface area contributed by atoms with Crippen molar-refractivity contribution in [2.75, 3.05) is 16.0 Å². The van der Waals surface area contributed by atoms with E-state index in [1.807, 2.05) is 42.5 Å². The van der Waals surface area contributed by atoms with Crippen LogP contribution < -0.4 is 15.4 Å². The van der Waals surface area contributed by atoms with Gasteiger partial charge < -0.3 is 5.32 Å². The van der Waals surface area contributed by atoms with Crippen LogP contribution >= 0.6 is 11.8 Å². The van der Waals surface area contributed by atoms with Crippen LogP contribution in [0.3, 0.4) is 0 Å². The molecule has 0 fully saturated rings. The average Bonchev–Trinajstić information content (AvgIpc) is 3.17. The summed E-state index contributed by atoms with van der Waals surface area (Å²) in [6.07, 6.45) is 1.80. The van der Waals surface area contributed by atoms with Gasteiger partial charge in [-0.15, -0.1) is 0 Å². The Bertz CT molecular complexity index is 1510. The lowest BCUT2D eigenvalue weighted by Crippen LogP contribution is -2.26. The van der Waals surface area contributed by atoms with Crippen LogP contribution in [0, 0.1) is 0 Å². The van der Waals surface area contributed by atoms with Gasteiger partial charge in [0.15, 0.2) is 5.17 Å². The minimum absolute atomic E-state index is 0.0139. The number of sulfonamides is 1. The molecule has 4 rings (SSSR count). The number of nitrogens with zero attached hydrogens (tertiary/aromatic N) is 2. The van der Waals surface area contributed by atoms with Gasteiger partial charge in [0, 0.05) is 11.4 Å². The maximum Gasteiger partial charge on any atom is 0.296 e. The molecule has 0 radical (unpaired) electrons. The highest BCUT2D eigenvalue weighted by atomic mass is 32.2. The van der Waals surface area contributed by atoms with Gasteiger partial charge in [-0.3, -0.25) is 14.5 Å². The van der Waals surface area contributed by atoms with Gasteiger partial charge in [0.05, 0.1) is 10.6 Å². The summed E-state index contributed by atoms with van der Waals surface area (Å²) in [6, 6.07) is 23.0. The summed E-state index contributed by atoms with van der Waals surface area (Å²) in [4.78, 5) is 31.5. The van der Waals surface area contributed by atoms with Gasteiger partial charge in [-0.25, -0.2) is 13.6 Å². The predicted molar refractivity (Wildman–Crippen MR) is 153 cm³/mol. The van der Waals surface area contributed by atoms with Gasteiger partial charge in [-0.05, 0) is 59.0 Å². The number of hydrogen-bond acceptors (Lipinski definition) is 6. The molecule has 3 N–H and O–H groups in total. The van der Waals surface area contributed by atoms with Crippen molar-refractivity contribution < 1.29 is 18.0 Å². The second-order valence-corrected chi connectivity index (χ2v) is 12.2. The number of rotatable bonds is 6. The molecule has 10 heteroatoms. The van der Waals surface area contributed by atoms with E-state index < -0.39 is 15.9 Å². The number of hydrogen-bond donors (Lipinski definition) is 2. The van der Waals surface area contributed by atoms with Gasteiger partial charge in [0.2, 0.25) is 15.9 Å². The Morgan fingerprint density at radius 3 is 2.21 bits per heavy atom. The molecule has 0 bridgehead atoms. The van der Waals surface area contributed by atoms with Crippen LogP contribution in [0.15, 0.2) is 94.4 Å². The van der Waals surface area contributed by atoms with Crippen LogP contribution in [0.5, 0.6) is 0 Å². The summed E-state index contributed by atoms with van der Waals surface area (Å²) in [5, 5.41) is 8.21. The second-order valence-electron chi connectivity index (χ2n) is 9.68. The fraction of sp³-hybridized carbons (Fsp3) is 0.179. The zero-order chi connectivity index (χ0) is 27.5. The first kappa shape index (κ1) is 27.3. The molecule has 0 saturated carbocycles. The number of amides is 2. The van der Waals surface area contributed by atoms with Crippen molar-refractivity contribution in [1.82, 2.24) is 0 Å². The molecule has 1 aliphatic heterocycles. The Labute approximate surface area is 226 Å². The summed E-state index contributed by atoms with van der Waals surface area (Å²) < 4.78 is 22.8. The Morgan fingerprint density at radius 2 is 1.63 bits per heavy atom. The Balaban J connectivity index is 1.52. The normalized spacial score (nSPS) is 15.1. The topological polar surface area (TPSA) is 122 Å². The number of para-hydroxylation sites is 1. The molecular weight excluding hydrogens is 520 g/mol. The van der Waals surface area contributed by atoms with Gasteiger partial charge in [0.25, 0.3) is 5.91 Å². The van der Waals surface area contributed by atoms with Crippen molar-refractivity contribution >= 4 is 56.2 Å². The van der Waals surface area contributed by atoms with Crippen molar-refractivity contribution in [2.45, 2.75) is 31.1 Å². The molecule has 3 aromatic rings. The number of aliphatic imine (C=N–C) groups is 1. The third kappa shape index (κ3) is 6.58. The lowest BCUT2D eigenvalue weighted by Gasteiger charge is -2.21. The Hall–Kier alpha value is -3.73. The van der Waals surface area contributed by atoms with Crippen LogP contribution in [0.2, 0.25) is 0 Å². The van der Waals surface area contributed by atoms with E-state index in [9.17, 15) is 18.0 Å². The zero-order valence-electron chi connectivity index (χ0n) is 21.2. The highest BCUT2D eigenvalue weighted by Crippen LogP contribution is 2.31. The van der Waals surface area contributed by atoms with Crippen LogP contribution in [-0.2, 0) is 25.0 Å². The van der Waals surface area contributed by atoms with Crippen molar-refractivity contribution in [1.29, 1.82) is 0 Å². The van der Waals surface area contributed by atoms with Crippen LogP contribution in [0.25, 0.3) is 6.08 Å². The summed E-state index contributed by atoms with van der Waals surface area (Å²) in [5.41, 5.74) is 3.64. The van der Waals surface area contributed by atoms with Gasteiger partial charge in [-0.1, -0.05) is 75.0 Å². The van der Waals surface area contributed by atoms with E-state index in [-0.39, 0.29) is 22.0 Å². The lowest BCUT2D eigenvalue weighted by molar-refractivity contribution is -0.114. The van der Waals surface area contributed by atoms with E-state index in [2.05, 4.69) is 43.2 Å². The molecule has 0 saturated heterocycles. The highest BCUT2D eigenvalue weighted by Gasteiger charge is 2.31. The lowest BCUT2D eigenvalue weighted by atomic mass is 9.86. The number of carbonyl (C=O) groups is 2. The Morgan fingerprint density at radius 1 is 1.00 bits per heavy atom. The van der Waals surface area contributed by atoms with E-state index in [1.54, 1.807) is 11.0 Å². The standard InChI is InChI=1S/C28H28N4O4S2/c1-28(2,3)20-11-9-19(10-12-20)17-24-26(34)31-27(32(24)22-7-5-4-6-8-22)37-18-25(33)30-21-13-15-23(16-14-21)38(29,35)36/h4-17H,18H2,1-3H3,(H,30,33)(H2,29,35,36)/b24-17+. The summed E-state index contributed by atoms with van der Waals surface area (Å²) in [5.74, 6) is -0.744. The van der Waals surface area contributed by atoms with Crippen LogP contribution in [-0.4, -0.2) is 31.2 Å². The van der Waals surface area contributed by atoms with Gasteiger partial charge >= 0.3 is 0 Å². The number of anilines is 2. The first-order valence-electron chi connectivity index (χ1n) is 11.8. The summed E-state index contributed by atoms with van der Waals surface area (Å²) in [7, 11) is -3.82. The molecule has 8 nitrogen and oxygen atoms in total. The number of thioether (sulfide) groups is 1. The zero-order valence-corrected chi connectivity index (χ0v) is 22.8. The Kier molecular flexibility index (Phi) is 7.86. The second kappa shape index (κ2) is 10.9. The van der Waals surface area contributed by atoms with E-state index in [4.69, 9.17) is 5.14 Å². The monoisotopic (exact) mass is 548 g/mol. The maximum absolute atomic E-state index is 13.0. The minimum Gasteiger partial charge on any atom is -0.325 e. The molecule has 0 unspecified atom stereocenters. The number of primary sulfonamides is 1. The van der Waals surface area contributed by atoms with Gasteiger partial charge in [0.1, 0.15) is 5.70 Å². The molecule has 196 valence electrons. The van der Waals surface area contributed by atoms with E-state index in [1.165, 1.54) is 29.8 Å². The first-order chi connectivity index (χ1) is 17.9. The van der Waals surface area contributed by atoms with E-state index in [0.717, 1.165) is 23.0 Å². The fourth-order valence-corrected chi connectivity index (χ4v) is 5.06. The smallest absolute Gasteiger partial charge is 0.296 e. The molecule has 3 aromatic carbocycles. The summed E-state index contributed by atoms with van der Waals surface area (Å²) in [6.45, 7) is 6.43. The molecule has 0 aliphatic carbocycles. The molecule has 0 spiro atoms. The number of nitrogens with one attached hydrogen (secondary N) is 1. The molecule has 1 aliphatic rings. The average molecular weight is 549 g/mol. The number of nitrogens with two attached hydrogens (primary N) is 1. The molecule has 0 aromatic heterocycles. The van der Waals surface area contributed by atoms with Crippen LogP contribution in [0.4, 0.5) is 11.4 Å². The summed E-state index contributed by atoms with van der Waals surface area (Å²) >= 11 is 1.13. The van der Waals surface area contributed by atoms with E-state index in [0.29, 0.717) is 16.6 Å². The third-order valence-electron chi connectivity index (χ3n) is 5.74. The van der Waals surface area contributed by atoms with Crippen molar-refractivity contribution in [3.8, 4) is 0 Å². The fourth-order valence-electron chi connectivity index (χ4n) is 3.73. The van der Waals surface area contributed by atoms with Gasteiger partial charge in [-0.2, -0.15) is 4.99 Å². The number of amidine groups is 1. The largest absolute Gasteiger partial charge is 0.325 e. The molecule has 38 heavy (non-hydrogen) atoms. The number of carbonyl (C=O) groups excluding carboxylic acids is 2. The van der Waals surface area contributed by atoms with Crippen LogP contribution in [0.1, 0.15) is 31.9 Å². The number of benzene rings is 3. The van der Waals surface area contributed by atoms with Crippen molar-refractivity contribution in [3.63, 3.8) is 0 Å². The SMILES string of the molecule is CC(C)(C)c1ccc(/C=C2\C(=O)N=C(SCC(=O)Nc3ccc(S(N)(=O)=O)cc3)N2c2ccccc2)cc1. The van der Waals surface area contributed by atoms with Crippen molar-refractivity contribution in [3.05, 3.63) is 95.7 Å². The predicted octanol–water partition coefficient (Wildman–Crippen LogP) is 4.75. The minimum atomic E-state index is -3.82. The molecular formula is C28H28N4O4S2. The first-order valence-corrected chi connectivity index (χ1v) is 14.3. The quantitative estimate of drug-likeness (QED) is 0.429. The maximum atomic E-state index is 13.0. The molecule has 0 atom stereocenters. The third-order valence-corrected chi connectivity index (χ3v) is 7.61. The van der Waals surface area contributed by atoms with E-state index >= 15 is 0 Å². The van der Waals surface area contributed by atoms with Crippen molar-refractivity contribution in [2.24, 2.45) is 10.1 Å². The highest BCUT2D eigenvalue weighted by molar-refractivity contribution is 8.14. The molecule has 1 heterocycles. The molecule has 2 amide bonds.